The number of carbonyl (C=O) groups excluding carboxylic acids is 10. The number of para-hydroxylation sites is 5. The highest BCUT2D eigenvalue weighted by molar-refractivity contribution is 6.30. The Hall–Kier alpha value is -16.1. The van der Waals surface area contributed by atoms with Crippen LogP contribution in [0.15, 0.2) is 224 Å². The third-order valence-electron chi connectivity index (χ3n) is 26.2. The molecule has 148 heavy (non-hydrogen) atoms. The Bertz CT molecular complexity index is 7320. The Kier molecular flexibility index (Phi) is 32.9. The number of H-pyrrole nitrogens is 5. The number of rotatable bonds is 27. The normalized spacial score (nSPS) is 18.7. The lowest BCUT2D eigenvalue weighted by Gasteiger charge is -2.14. The van der Waals surface area contributed by atoms with Crippen molar-refractivity contribution in [1.29, 1.82) is 0 Å². The number of carbonyl (C=O) groups is 10. The average molecular weight is 2050 g/mol. The maximum atomic E-state index is 14.6. The fourth-order valence-corrected chi connectivity index (χ4v) is 18.8. The number of aliphatic hydroxyl groups is 5. The summed E-state index contributed by atoms with van der Waals surface area (Å²) in [5.41, 5.74) is 18.1. The number of alkyl halides is 3. The van der Waals surface area contributed by atoms with Gasteiger partial charge in [-0.05, 0) is 217 Å². The van der Waals surface area contributed by atoms with Crippen LogP contribution in [0.25, 0.3) is 111 Å². The molecule has 5 aliphatic rings. The molecule has 5 aliphatic heterocycles. The van der Waals surface area contributed by atoms with Crippen molar-refractivity contribution < 1.29 is 109 Å². The molecule has 10 heterocycles. The molecule has 39 heteroatoms. The van der Waals surface area contributed by atoms with Crippen molar-refractivity contribution >= 4 is 125 Å². The molecule has 10 atom stereocenters. The van der Waals surface area contributed by atoms with Gasteiger partial charge >= 0.3 is 6.36 Å². The lowest BCUT2D eigenvalue weighted by Crippen LogP contribution is -2.45. The van der Waals surface area contributed by atoms with Gasteiger partial charge in [0.05, 0.1) is 17.8 Å². The van der Waals surface area contributed by atoms with Gasteiger partial charge < -0.3 is 113 Å². The van der Waals surface area contributed by atoms with E-state index in [9.17, 15) is 99.8 Å². The molecule has 5 aromatic heterocycles. The Morgan fingerprint density at radius 3 is 0.919 bits per heavy atom. The molecule has 5 fully saturated rings. The van der Waals surface area contributed by atoms with Crippen LogP contribution in [0.2, 0.25) is 5.02 Å². The molecule has 0 bridgehead atoms. The van der Waals surface area contributed by atoms with E-state index in [4.69, 9.17) is 16.3 Å². The van der Waals surface area contributed by atoms with Gasteiger partial charge in [-0.25, -0.2) is 13.2 Å². The molecule has 10 aromatic carbocycles. The van der Waals surface area contributed by atoms with Gasteiger partial charge in [-0.3, -0.25) is 47.9 Å². The summed E-state index contributed by atoms with van der Waals surface area (Å²) in [5.74, 6) is -4.28. The van der Waals surface area contributed by atoms with Crippen molar-refractivity contribution in [3.8, 4) is 67.8 Å². The van der Waals surface area contributed by atoms with Gasteiger partial charge in [0, 0.05) is 159 Å². The number of aromatic nitrogens is 5. The number of fused-ring (bicyclic) bond motifs is 5. The van der Waals surface area contributed by atoms with Crippen LogP contribution in [0.1, 0.15) is 71.0 Å². The van der Waals surface area contributed by atoms with Crippen molar-refractivity contribution in [3.63, 3.8) is 0 Å². The van der Waals surface area contributed by atoms with Gasteiger partial charge in [-0.15, -0.1) is 13.2 Å². The first kappa shape index (κ1) is 105. The second-order valence-electron chi connectivity index (χ2n) is 36.3. The minimum atomic E-state index is -4.77. The highest BCUT2D eigenvalue weighted by atomic mass is 35.5. The summed E-state index contributed by atoms with van der Waals surface area (Å²) < 4.78 is 88.6. The Labute approximate surface area is 846 Å². The van der Waals surface area contributed by atoms with Gasteiger partial charge in [-0.2, -0.15) is 0 Å². The number of hydrogen-bond donors (Lipinski definition) is 20. The van der Waals surface area contributed by atoms with E-state index in [2.05, 4.69) is 82.8 Å². The van der Waals surface area contributed by atoms with Crippen LogP contribution in [-0.2, 0) is 80.0 Å². The topological polar surface area (TPSA) is 490 Å². The van der Waals surface area contributed by atoms with Crippen molar-refractivity contribution in [2.24, 2.45) is 0 Å². The maximum Gasteiger partial charge on any atom is 0.573 e. The van der Waals surface area contributed by atoms with E-state index in [-0.39, 0.29) is 129 Å². The number of aryl methyl sites for hydroxylation is 7. The summed E-state index contributed by atoms with van der Waals surface area (Å²) in [6.07, 6.45) is -6.80. The van der Waals surface area contributed by atoms with E-state index in [0.29, 0.717) is 65.9 Å². The van der Waals surface area contributed by atoms with E-state index >= 15 is 0 Å². The molecule has 0 unspecified atom stereocenters. The predicted octanol–water partition coefficient (Wildman–Crippen LogP) is 11.3. The monoisotopic (exact) mass is 2050 g/mol. The number of aromatic amines is 5. The Morgan fingerprint density at radius 2 is 0.628 bits per heavy atom. The molecule has 768 valence electrons. The van der Waals surface area contributed by atoms with Crippen molar-refractivity contribution in [1.82, 2.24) is 78.1 Å². The standard InChI is InChI=1S/C22H20F3N3O4.2C22H22FN3O3.C22H23N3O4.C21H19ClFN3O3/c23-22(24,25)32-13-7-5-12(6-8-13)19-15(14-3-1-2-4-16(14)27-19)9-10-18(30)28-20-17(29)11-26-21(20)31;1-12-10-13(23)6-7-14(12)20-16(15-4-2-3-5-17(15)25-20)8-9-19(28)26-21-18(27)11-24-22(21)29;1-12-6-7-15(16(23)10-12)20-14(13-4-2-3-5-17(13)25-20)8-9-19(28)26-21-18(27)11-24-22(21)29;1-29-14-8-6-13(7-9-14)20-16(15-4-2-3-5-17(15)24-20)10-11-19(27)25-21-18(26)12-23-22(21)28;22-14-7-5-11(9-15(14)23)19-13(12-3-1-2-4-16(12)25-19)6-8-18(28)26-20-17(27)10-24-21(20)29/h1-8,17,20,27,29H,9-11H2,(H,26,31)(H,28,30);2*2-7,10,18,21,25,27H,8-9,11H2,1H3,(H,24,29)(H,26,28);2-9,18,21,24,26H,10-12H2,1H3,(H,23,28)(H,25,27);1-5,7,9,17,20,25,27H,6,8,10H2,(H,24,29)(H,26,28)/t17-,20+;3*18-,21+;17-,20+/m11111/s1. The van der Waals surface area contributed by atoms with Crippen LogP contribution in [0.3, 0.4) is 0 Å². The van der Waals surface area contributed by atoms with Gasteiger partial charge in [0.15, 0.2) is 0 Å². The van der Waals surface area contributed by atoms with E-state index in [1.807, 2.05) is 166 Å². The number of halogens is 7. The second-order valence-corrected chi connectivity index (χ2v) is 36.7. The van der Waals surface area contributed by atoms with Crippen molar-refractivity contribution in [2.45, 2.75) is 145 Å². The molecule has 0 saturated carbocycles. The lowest BCUT2D eigenvalue weighted by molar-refractivity contribution is -0.274. The SMILES string of the molecule is COc1ccc(-c2[nH]c3ccccc3c2CCC(=O)N[C@@H]2C(=O)NC[C@H]2O)cc1.Cc1cc(F)ccc1-c1[nH]c2ccccc2c1CCC(=O)N[C@@H]1C(=O)NC[C@H]1O.Cc1ccc(-c2[nH]c3ccccc3c2CCC(=O)N[C@@H]2C(=O)NC[C@H]2O)c(F)c1.O=C(CCc1c(-c2ccc(Cl)c(F)c2)[nH]c2ccccc12)N[C@@H]1C(=O)NC[C@H]1O.O=C(CCc1c(-c2ccc(OC(F)(F)F)cc2)[nH]c2ccccc12)N[C@@H]1C(=O)NC[C@H]1O. The Balaban J connectivity index is 0.000000132. The summed E-state index contributed by atoms with van der Waals surface area (Å²) in [4.78, 5) is 137. The summed E-state index contributed by atoms with van der Waals surface area (Å²) >= 11 is 5.80. The molecule has 0 radical (unpaired) electrons. The fourth-order valence-electron chi connectivity index (χ4n) is 18.7. The maximum absolute atomic E-state index is 14.6. The van der Waals surface area contributed by atoms with Gasteiger partial charge in [0.1, 0.15) is 89.7 Å². The molecular formula is C109H106ClF6N15O17. The predicted molar refractivity (Wildman–Crippen MR) is 543 cm³/mol. The number of hydrogen-bond acceptors (Lipinski definition) is 17. The molecule has 5 saturated heterocycles. The first-order valence-electron chi connectivity index (χ1n) is 47.8. The van der Waals surface area contributed by atoms with Crippen molar-refractivity contribution in [2.75, 3.05) is 39.8 Å². The smallest absolute Gasteiger partial charge is 0.497 e. The second kappa shape index (κ2) is 46.5. The number of nitrogens with one attached hydrogen (secondary N) is 15. The van der Waals surface area contributed by atoms with Gasteiger partial charge in [0.2, 0.25) is 59.1 Å². The lowest BCUT2D eigenvalue weighted by atomic mass is 9.98. The molecule has 15 aromatic rings. The quantitative estimate of drug-likeness (QED) is 0.0213. The minimum absolute atomic E-state index is 0.0409. The van der Waals surface area contributed by atoms with Crippen LogP contribution in [-0.4, -0.2) is 216 Å². The number of benzene rings is 10. The van der Waals surface area contributed by atoms with Crippen LogP contribution >= 0.6 is 11.6 Å². The van der Waals surface area contributed by atoms with E-state index in [0.717, 1.165) is 122 Å². The van der Waals surface area contributed by atoms with Crippen molar-refractivity contribution in [3.05, 3.63) is 286 Å². The number of methoxy groups -OCH3 is 1. The van der Waals surface area contributed by atoms with E-state index in [1.54, 1.807) is 25.3 Å². The van der Waals surface area contributed by atoms with Gasteiger partial charge in [0.25, 0.3) is 0 Å². The highest BCUT2D eigenvalue weighted by Crippen LogP contribution is 2.40. The van der Waals surface area contributed by atoms with Crippen LogP contribution < -0.4 is 62.6 Å². The van der Waals surface area contributed by atoms with Crippen LogP contribution in [0.5, 0.6) is 11.5 Å². The summed E-state index contributed by atoms with van der Waals surface area (Å²) in [6.45, 7) is 4.32. The van der Waals surface area contributed by atoms with E-state index in [1.165, 1.54) is 54.6 Å². The summed E-state index contributed by atoms with van der Waals surface area (Å²) in [5, 5.41) is 79.4. The zero-order valence-electron chi connectivity index (χ0n) is 80.0. The third kappa shape index (κ3) is 24.8. The third-order valence-corrected chi connectivity index (χ3v) is 26.5. The molecule has 10 amide bonds. The highest BCUT2D eigenvalue weighted by Gasteiger charge is 2.40. The fraction of sp³-hybridized carbons (Fsp3) is 0.266. The zero-order chi connectivity index (χ0) is 105. The molecule has 0 spiro atoms. The zero-order valence-corrected chi connectivity index (χ0v) is 80.8. The minimum Gasteiger partial charge on any atom is -0.497 e. The number of β-amino-alcohol motifs (C(OH)–C–C–N with tert-alkyl or cyclic N) is 5. The number of amides is 10. The largest absolute Gasteiger partial charge is 0.573 e. The molecule has 20 N–H and O–H groups in total. The van der Waals surface area contributed by atoms with Gasteiger partial charge in [-0.1, -0.05) is 115 Å². The Morgan fingerprint density at radius 1 is 0.345 bits per heavy atom. The molecule has 32 nitrogen and oxygen atoms in total. The molecule has 20 rings (SSSR count). The summed E-state index contributed by atoms with van der Waals surface area (Å²) in [7, 11) is 1.63. The van der Waals surface area contributed by atoms with Crippen LogP contribution in [0.4, 0.5) is 26.3 Å². The summed E-state index contributed by atoms with van der Waals surface area (Å²) in [6, 6.07) is 61.3. The first-order valence-corrected chi connectivity index (χ1v) is 48.2. The van der Waals surface area contributed by atoms with Crippen LogP contribution in [0, 0.1) is 31.3 Å². The number of ether oxygens (including phenoxy) is 2. The first-order chi connectivity index (χ1) is 71.1. The van der Waals surface area contributed by atoms with E-state index < -0.39 is 90.6 Å². The molecule has 0 aliphatic carbocycles. The molecular weight excluding hydrogens is 1940 g/mol. The number of aliphatic hydroxyl groups excluding tert-OH is 5. The average Bonchev–Trinajstić information content (AvgIpc) is 1.67.